The highest BCUT2D eigenvalue weighted by molar-refractivity contribution is 5.73. The smallest absolute Gasteiger partial charge is 0.139 e. The molecule has 21 heavy (non-hydrogen) atoms. The zero-order valence-electron chi connectivity index (χ0n) is 12.6. The fourth-order valence-electron chi connectivity index (χ4n) is 2.44. The van der Waals surface area contributed by atoms with E-state index in [9.17, 15) is 0 Å². The van der Waals surface area contributed by atoms with Crippen molar-refractivity contribution in [2.45, 2.75) is 19.9 Å². The summed E-state index contributed by atoms with van der Waals surface area (Å²) >= 11 is 0. The van der Waals surface area contributed by atoms with Crippen LogP contribution in [0.15, 0.2) is 30.9 Å². The Bertz CT molecular complexity index is 768. The molecule has 0 unspecified atom stereocenters. The van der Waals surface area contributed by atoms with Crippen LogP contribution in [0.2, 0.25) is 0 Å². The summed E-state index contributed by atoms with van der Waals surface area (Å²) < 4.78 is 4.01. The van der Waals surface area contributed by atoms with Gasteiger partial charge in [-0.15, -0.1) is 0 Å². The zero-order valence-corrected chi connectivity index (χ0v) is 12.6. The van der Waals surface area contributed by atoms with Crippen LogP contribution in [0.3, 0.4) is 0 Å². The van der Waals surface area contributed by atoms with Gasteiger partial charge in [0, 0.05) is 26.8 Å². The van der Waals surface area contributed by atoms with Crippen LogP contribution >= 0.6 is 0 Å². The Morgan fingerprint density at radius 2 is 2.10 bits per heavy atom. The third kappa shape index (κ3) is 2.22. The predicted octanol–water partition coefficient (Wildman–Crippen LogP) is 2.26. The topological polar surface area (TPSA) is 64.4 Å². The van der Waals surface area contributed by atoms with Crippen LogP contribution in [-0.4, -0.2) is 33.0 Å². The van der Waals surface area contributed by atoms with Gasteiger partial charge in [-0.25, -0.2) is 9.97 Å². The standard InChI is InChI=1S/C15H20N6/c1-4-7-20-10-17-8-12(20)14-15(16)21-9-11(19(2)3)5-6-13(21)18-14/h5-6,8-10H,4,7,16H2,1-3H3. The molecule has 0 saturated carbocycles. The predicted molar refractivity (Wildman–Crippen MR) is 85.4 cm³/mol. The van der Waals surface area contributed by atoms with Crippen LogP contribution in [0.25, 0.3) is 17.0 Å². The molecule has 0 radical (unpaired) electrons. The molecule has 0 amide bonds. The molecule has 0 bridgehead atoms. The summed E-state index contributed by atoms with van der Waals surface area (Å²) in [5.41, 5.74) is 9.98. The highest BCUT2D eigenvalue weighted by Crippen LogP contribution is 2.27. The van der Waals surface area contributed by atoms with E-state index in [1.54, 1.807) is 0 Å². The van der Waals surface area contributed by atoms with Crippen LogP contribution in [0, 0.1) is 0 Å². The van der Waals surface area contributed by atoms with E-state index < -0.39 is 0 Å². The number of aryl methyl sites for hydroxylation is 1. The molecule has 0 saturated heterocycles. The number of hydrogen-bond donors (Lipinski definition) is 1. The van der Waals surface area contributed by atoms with Crippen molar-refractivity contribution in [1.29, 1.82) is 0 Å². The van der Waals surface area contributed by atoms with E-state index in [0.717, 1.165) is 35.7 Å². The lowest BCUT2D eigenvalue weighted by molar-refractivity contribution is 0.683. The molecule has 3 aromatic rings. The molecule has 0 aliphatic carbocycles. The Labute approximate surface area is 123 Å². The summed E-state index contributed by atoms with van der Waals surface area (Å²) in [6, 6.07) is 4.02. The van der Waals surface area contributed by atoms with Gasteiger partial charge in [-0.2, -0.15) is 0 Å². The van der Waals surface area contributed by atoms with E-state index in [1.165, 1.54) is 0 Å². The second kappa shape index (κ2) is 5.12. The van der Waals surface area contributed by atoms with E-state index in [2.05, 4.69) is 21.5 Å². The fourth-order valence-corrected chi connectivity index (χ4v) is 2.44. The molecule has 0 atom stereocenters. The lowest BCUT2D eigenvalue weighted by Crippen LogP contribution is -2.09. The first-order chi connectivity index (χ1) is 10.1. The Morgan fingerprint density at radius 3 is 2.81 bits per heavy atom. The first-order valence-electron chi connectivity index (χ1n) is 7.07. The SMILES string of the molecule is CCCn1cncc1-c1nc2ccc(N(C)C)cn2c1N. The number of pyridine rings is 1. The maximum atomic E-state index is 6.31. The summed E-state index contributed by atoms with van der Waals surface area (Å²) in [5.74, 6) is 0.645. The van der Waals surface area contributed by atoms with Crippen LogP contribution in [-0.2, 0) is 6.54 Å². The monoisotopic (exact) mass is 284 g/mol. The van der Waals surface area contributed by atoms with Gasteiger partial charge in [0.05, 0.1) is 23.9 Å². The summed E-state index contributed by atoms with van der Waals surface area (Å²) in [4.78, 5) is 10.9. The molecule has 6 nitrogen and oxygen atoms in total. The van der Waals surface area contributed by atoms with Gasteiger partial charge in [0.2, 0.25) is 0 Å². The van der Waals surface area contributed by atoms with Gasteiger partial charge in [0.15, 0.2) is 0 Å². The Hall–Kier alpha value is -2.50. The van der Waals surface area contributed by atoms with Gasteiger partial charge in [-0.1, -0.05) is 6.92 Å². The Morgan fingerprint density at radius 1 is 1.29 bits per heavy atom. The third-order valence-corrected chi connectivity index (χ3v) is 3.58. The van der Waals surface area contributed by atoms with Crippen LogP contribution in [0.1, 0.15) is 13.3 Å². The van der Waals surface area contributed by atoms with Gasteiger partial charge in [-0.05, 0) is 18.6 Å². The number of aromatic nitrogens is 4. The lowest BCUT2D eigenvalue weighted by Gasteiger charge is -2.12. The highest BCUT2D eigenvalue weighted by Gasteiger charge is 2.15. The molecule has 0 spiro atoms. The summed E-state index contributed by atoms with van der Waals surface area (Å²) in [6.07, 6.45) is 6.69. The van der Waals surface area contributed by atoms with E-state index in [0.29, 0.717) is 5.82 Å². The number of nitrogens with two attached hydrogens (primary N) is 1. The summed E-state index contributed by atoms with van der Waals surface area (Å²) in [7, 11) is 4.01. The van der Waals surface area contributed by atoms with Crippen LogP contribution in [0.5, 0.6) is 0 Å². The van der Waals surface area contributed by atoms with Gasteiger partial charge in [0.1, 0.15) is 17.2 Å². The third-order valence-electron chi connectivity index (χ3n) is 3.58. The molecule has 3 aromatic heterocycles. The van der Waals surface area contributed by atoms with Crippen molar-refractivity contribution in [2.24, 2.45) is 0 Å². The van der Waals surface area contributed by atoms with Crippen molar-refractivity contribution >= 4 is 17.2 Å². The first kappa shape index (κ1) is 13.5. The first-order valence-corrected chi connectivity index (χ1v) is 7.07. The number of imidazole rings is 2. The molecule has 3 heterocycles. The Balaban J connectivity index is 2.15. The number of rotatable bonds is 4. The summed E-state index contributed by atoms with van der Waals surface area (Å²) in [6.45, 7) is 3.05. The second-order valence-corrected chi connectivity index (χ2v) is 5.33. The van der Waals surface area contributed by atoms with E-state index in [4.69, 9.17) is 5.73 Å². The van der Waals surface area contributed by atoms with Crippen molar-refractivity contribution in [3.8, 4) is 11.4 Å². The number of fused-ring (bicyclic) bond motifs is 1. The number of anilines is 2. The largest absolute Gasteiger partial charge is 0.383 e. The number of nitrogen functional groups attached to an aromatic ring is 1. The number of hydrogen-bond acceptors (Lipinski definition) is 4. The second-order valence-electron chi connectivity index (χ2n) is 5.33. The van der Waals surface area contributed by atoms with Crippen molar-refractivity contribution in [1.82, 2.24) is 18.9 Å². The summed E-state index contributed by atoms with van der Waals surface area (Å²) in [5, 5.41) is 0. The minimum absolute atomic E-state index is 0.645. The highest BCUT2D eigenvalue weighted by atomic mass is 15.1. The normalized spacial score (nSPS) is 11.2. The maximum Gasteiger partial charge on any atom is 0.139 e. The van der Waals surface area contributed by atoms with Crippen LogP contribution < -0.4 is 10.6 Å². The lowest BCUT2D eigenvalue weighted by atomic mass is 10.3. The average molecular weight is 284 g/mol. The molecule has 2 N–H and O–H groups in total. The minimum Gasteiger partial charge on any atom is -0.383 e. The molecular weight excluding hydrogens is 264 g/mol. The van der Waals surface area contributed by atoms with E-state index in [-0.39, 0.29) is 0 Å². The molecule has 0 fully saturated rings. The van der Waals surface area contributed by atoms with Gasteiger partial charge in [0.25, 0.3) is 0 Å². The molecule has 0 aliphatic rings. The Kier molecular flexibility index (Phi) is 3.29. The van der Waals surface area contributed by atoms with E-state index in [1.807, 2.05) is 54.2 Å². The maximum absolute atomic E-state index is 6.31. The molecule has 0 aliphatic heterocycles. The molecule has 0 aromatic carbocycles. The van der Waals surface area contributed by atoms with Crippen molar-refractivity contribution < 1.29 is 0 Å². The molecule has 3 rings (SSSR count). The van der Waals surface area contributed by atoms with E-state index >= 15 is 0 Å². The van der Waals surface area contributed by atoms with Crippen molar-refractivity contribution in [2.75, 3.05) is 24.7 Å². The quantitative estimate of drug-likeness (QED) is 0.798. The average Bonchev–Trinajstić information content (AvgIpc) is 3.04. The fraction of sp³-hybridized carbons (Fsp3) is 0.333. The van der Waals surface area contributed by atoms with Crippen LogP contribution in [0.4, 0.5) is 11.5 Å². The van der Waals surface area contributed by atoms with Gasteiger partial charge >= 0.3 is 0 Å². The van der Waals surface area contributed by atoms with Gasteiger partial charge in [-0.3, -0.25) is 4.40 Å². The molecule has 6 heteroatoms. The van der Waals surface area contributed by atoms with Crippen molar-refractivity contribution in [3.63, 3.8) is 0 Å². The van der Waals surface area contributed by atoms with Crippen molar-refractivity contribution in [3.05, 3.63) is 30.9 Å². The van der Waals surface area contributed by atoms with Gasteiger partial charge < -0.3 is 15.2 Å². The minimum atomic E-state index is 0.645. The molecule has 110 valence electrons. The number of nitrogens with zero attached hydrogens (tertiary/aromatic N) is 5. The molecular formula is C15H20N6. The zero-order chi connectivity index (χ0) is 15.0.